The Kier molecular flexibility index (Phi) is 4.09. The summed E-state index contributed by atoms with van der Waals surface area (Å²) in [5.74, 6) is -0.212. The fraction of sp³-hybridized carbons (Fsp3) is 0.385. The number of nitrogens with zero attached hydrogens (tertiary/aromatic N) is 1. The Morgan fingerprint density at radius 2 is 2.11 bits per heavy atom. The van der Waals surface area contributed by atoms with E-state index in [0.29, 0.717) is 18.5 Å². The number of hydrogen-bond donors (Lipinski definition) is 3. The highest BCUT2D eigenvalue weighted by Gasteiger charge is 2.45. The first-order chi connectivity index (χ1) is 9.08. The maximum absolute atomic E-state index is 12.4. The molecule has 4 N–H and O–H groups in total. The van der Waals surface area contributed by atoms with Crippen LogP contribution in [-0.4, -0.2) is 17.0 Å². The second kappa shape index (κ2) is 5.61. The molecule has 0 bridgehead atoms. The van der Waals surface area contributed by atoms with Gasteiger partial charge in [0, 0.05) is 10.2 Å². The number of nitrogens with two attached hydrogens (primary N) is 1. The molecule has 0 spiro atoms. The predicted octanol–water partition coefficient (Wildman–Crippen LogP) is 2.69. The molecule has 6 heteroatoms. The first-order valence-corrected chi connectivity index (χ1v) is 6.93. The molecular weight excluding hydrogens is 310 g/mol. The number of benzene rings is 1. The second-order valence-electron chi connectivity index (χ2n) is 4.74. The Morgan fingerprint density at radius 3 is 2.68 bits per heavy atom. The van der Waals surface area contributed by atoms with Crippen molar-refractivity contribution in [2.75, 3.05) is 5.32 Å². The Bertz CT molecular complexity index is 510. The molecule has 1 aromatic rings. The van der Waals surface area contributed by atoms with Crippen LogP contribution in [0.1, 0.15) is 25.7 Å². The first kappa shape index (κ1) is 13.9. The van der Waals surface area contributed by atoms with Crippen LogP contribution < -0.4 is 11.1 Å². The van der Waals surface area contributed by atoms with Crippen molar-refractivity contribution in [1.29, 1.82) is 0 Å². The van der Waals surface area contributed by atoms with Gasteiger partial charge in [-0.2, -0.15) is 0 Å². The molecule has 0 saturated heterocycles. The highest BCUT2D eigenvalue weighted by Crippen LogP contribution is 2.39. The Hall–Kier alpha value is -1.56. The van der Waals surface area contributed by atoms with Crippen LogP contribution in [0.2, 0.25) is 0 Å². The van der Waals surface area contributed by atoms with Gasteiger partial charge in [-0.05, 0) is 31.0 Å². The number of carbonyl (C=O) groups is 1. The zero-order valence-corrected chi connectivity index (χ0v) is 12.0. The number of amides is 1. The third-order valence-corrected chi connectivity index (χ3v) is 4.07. The summed E-state index contributed by atoms with van der Waals surface area (Å²) < 4.78 is 0.884. The van der Waals surface area contributed by atoms with Crippen molar-refractivity contribution in [3.8, 4) is 0 Å². The number of halogens is 1. The molecule has 1 fully saturated rings. The van der Waals surface area contributed by atoms with Gasteiger partial charge in [-0.25, -0.2) is 0 Å². The quantitative estimate of drug-likeness (QED) is 0.345. The lowest BCUT2D eigenvalue weighted by Crippen LogP contribution is -2.45. The third-order valence-electron chi connectivity index (χ3n) is 3.57. The number of hydrogen-bond acceptors (Lipinski definition) is 3. The van der Waals surface area contributed by atoms with E-state index in [1.807, 2.05) is 18.2 Å². The van der Waals surface area contributed by atoms with Crippen LogP contribution >= 0.6 is 15.9 Å². The first-order valence-electron chi connectivity index (χ1n) is 6.13. The molecule has 1 saturated carbocycles. The lowest BCUT2D eigenvalue weighted by Gasteiger charge is -2.26. The van der Waals surface area contributed by atoms with Crippen molar-refractivity contribution in [2.24, 2.45) is 16.3 Å². The lowest BCUT2D eigenvalue weighted by molar-refractivity contribution is -0.122. The van der Waals surface area contributed by atoms with E-state index in [-0.39, 0.29) is 11.7 Å². The van der Waals surface area contributed by atoms with Crippen LogP contribution in [0.3, 0.4) is 0 Å². The SMILES string of the molecule is NC(=NO)C1(C(=O)Nc2cccc(Br)c2)CCCC1. The molecule has 0 aliphatic heterocycles. The molecule has 1 aliphatic carbocycles. The van der Waals surface area contributed by atoms with E-state index in [2.05, 4.69) is 26.4 Å². The van der Waals surface area contributed by atoms with Gasteiger partial charge in [-0.3, -0.25) is 4.79 Å². The van der Waals surface area contributed by atoms with Crippen molar-refractivity contribution >= 4 is 33.4 Å². The van der Waals surface area contributed by atoms with E-state index in [1.165, 1.54) is 0 Å². The number of nitrogens with one attached hydrogen (secondary N) is 1. The normalized spacial score (nSPS) is 18.3. The van der Waals surface area contributed by atoms with Gasteiger partial charge in [-0.1, -0.05) is 40.0 Å². The monoisotopic (exact) mass is 325 g/mol. The smallest absolute Gasteiger partial charge is 0.238 e. The average Bonchev–Trinajstić information content (AvgIpc) is 2.88. The molecule has 5 nitrogen and oxygen atoms in total. The second-order valence-corrected chi connectivity index (χ2v) is 5.65. The summed E-state index contributed by atoms with van der Waals surface area (Å²) in [6.07, 6.45) is 3.04. The standard InChI is InChI=1S/C13H16BrN3O2/c14-9-4-3-5-10(8-9)16-12(18)13(11(15)17-19)6-1-2-7-13/h3-5,8,19H,1-2,6-7H2,(H2,15,17)(H,16,18). The zero-order valence-electron chi connectivity index (χ0n) is 10.4. The van der Waals surface area contributed by atoms with Crippen LogP contribution in [0.4, 0.5) is 5.69 Å². The van der Waals surface area contributed by atoms with Crippen LogP contribution in [-0.2, 0) is 4.79 Å². The van der Waals surface area contributed by atoms with E-state index in [9.17, 15) is 4.79 Å². The van der Waals surface area contributed by atoms with Crippen LogP contribution in [0.15, 0.2) is 33.9 Å². The van der Waals surface area contributed by atoms with Crippen molar-refractivity contribution in [3.63, 3.8) is 0 Å². The van der Waals surface area contributed by atoms with Crippen LogP contribution in [0.25, 0.3) is 0 Å². The molecule has 1 aromatic carbocycles. The van der Waals surface area contributed by atoms with Crippen LogP contribution in [0, 0.1) is 5.41 Å². The number of carbonyl (C=O) groups excluding carboxylic acids is 1. The van der Waals surface area contributed by atoms with E-state index in [1.54, 1.807) is 6.07 Å². The molecule has 1 aliphatic rings. The van der Waals surface area contributed by atoms with Gasteiger partial charge in [0.25, 0.3) is 0 Å². The third kappa shape index (κ3) is 2.73. The summed E-state index contributed by atoms with van der Waals surface area (Å²) in [4.78, 5) is 12.4. The molecule has 1 amide bonds. The molecule has 0 atom stereocenters. The van der Waals surface area contributed by atoms with E-state index in [0.717, 1.165) is 17.3 Å². The summed E-state index contributed by atoms with van der Waals surface area (Å²) >= 11 is 3.35. The summed E-state index contributed by atoms with van der Waals surface area (Å²) in [6, 6.07) is 7.33. The summed E-state index contributed by atoms with van der Waals surface area (Å²) in [7, 11) is 0. The number of anilines is 1. The van der Waals surface area contributed by atoms with Gasteiger partial charge in [0.05, 0.1) is 0 Å². The minimum absolute atomic E-state index is 0.00232. The van der Waals surface area contributed by atoms with Gasteiger partial charge in [0.2, 0.25) is 5.91 Å². The van der Waals surface area contributed by atoms with Gasteiger partial charge in [0.1, 0.15) is 5.41 Å². The molecule has 0 heterocycles. The van der Waals surface area contributed by atoms with Gasteiger partial charge in [0.15, 0.2) is 5.84 Å². The minimum Gasteiger partial charge on any atom is -0.409 e. The summed E-state index contributed by atoms with van der Waals surface area (Å²) in [5, 5.41) is 14.8. The maximum atomic E-state index is 12.4. The minimum atomic E-state index is -0.878. The predicted molar refractivity (Wildman–Crippen MR) is 77.1 cm³/mol. The topological polar surface area (TPSA) is 87.7 Å². The zero-order chi connectivity index (χ0) is 13.9. The lowest BCUT2D eigenvalue weighted by atomic mass is 9.83. The molecule has 19 heavy (non-hydrogen) atoms. The molecule has 2 rings (SSSR count). The Balaban J connectivity index is 2.22. The molecule has 0 aromatic heterocycles. The Morgan fingerprint density at radius 1 is 1.42 bits per heavy atom. The van der Waals surface area contributed by atoms with Crippen molar-refractivity contribution in [1.82, 2.24) is 0 Å². The van der Waals surface area contributed by atoms with Gasteiger partial charge in [-0.15, -0.1) is 0 Å². The highest BCUT2D eigenvalue weighted by atomic mass is 79.9. The Labute approximate surface area is 120 Å². The number of amidine groups is 1. The molecule has 102 valence electrons. The van der Waals surface area contributed by atoms with Gasteiger partial charge >= 0.3 is 0 Å². The van der Waals surface area contributed by atoms with E-state index < -0.39 is 5.41 Å². The van der Waals surface area contributed by atoms with Crippen molar-refractivity contribution in [3.05, 3.63) is 28.7 Å². The van der Waals surface area contributed by atoms with Gasteiger partial charge < -0.3 is 16.3 Å². The fourth-order valence-corrected chi connectivity index (χ4v) is 2.89. The van der Waals surface area contributed by atoms with E-state index in [4.69, 9.17) is 10.9 Å². The number of rotatable bonds is 3. The van der Waals surface area contributed by atoms with E-state index >= 15 is 0 Å². The largest absolute Gasteiger partial charge is 0.409 e. The molecular formula is C13H16BrN3O2. The van der Waals surface area contributed by atoms with Crippen molar-refractivity contribution < 1.29 is 10.0 Å². The molecule has 0 radical (unpaired) electrons. The summed E-state index contributed by atoms with van der Waals surface area (Å²) in [6.45, 7) is 0. The number of oxime groups is 1. The van der Waals surface area contributed by atoms with Crippen LogP contribution in [0.5, 0.6) is 0 Å². The highest BCUT2D eigenvalue weighted by molar-refractivity contribution is 9.10. The molecule has 0 unspecified atom stereocenters. The summed E-state index contributed by atoms with van der Waals surface area (Å²) in [5.41, 5.74) is 5.54. The maximum Gasteiger partial charge on any atom is 0.238 e. The van der Waals surface area contributed by atoms with Crippen molar-refractivity contribution in [2.45, 2.75) is 25.7 Å². The fourth-order valence-electron chi connectivity index (χ4n) is 2.49. The average molecular weight is 326 g/mol.